The Morgan fingerprint density at radius 3 is 2.27 bits per heavy atom. The van der Waals surface area contributed by atoms with Crippen LogP contribution in [0.5, 0.6) is 5.75 Å². The number of benzene rings is 2. The Balaban J connectivity index is 1.73. The van der Waals surface area contributed by atoms with E-state index in [0.717, 1.165) is 11.8 Å². The van der Waals surface area contributed by atoms with Gasteiger partial charge in [-0.25, -0.2) is 8.42 Å². The summed E-state index contributed by atoms with van der Waals surface area (Å²) in [7, 11) is -7.64. The van der Waals surface area contributed by atoms with E-state index in [1.54, 1.807) is 18.2 Å². The first-order valence-electron chi connectivity index (χ1n) is 9.06. The van der Waals surface area contributed by atoms with E-state index in [9.17, 15) is 26.9 Å². The zero-order valence-corrected chi connectivity index (χ0v) is 19.7. The predicted octanol–water partition coefficient (Wildman–Crippen LogP) is 2.56. The number of nitrogens with zero attached hydrogens (tertiary/aromatic N) is 3. The van der Waals surface area contributed by atoms with Crippen molar-refractivity contribution in [1.29, 1.82) is 5.26 Å². The first kappa shape index (κ1) is 24.1. The number of nitriles is 1. The fourth-order valence-corrected chi connectivity index (χ4v) is 4.76. The van der Waals surface area contributed by atoms with Crippen molar-refractivity contribution >= 4 is 48.6 Å². The molecule has 0 spiro atoms. The van der Waals surface area contributed by atoms with Crippen LogP contribution < -0.4 is 9.50 Å². The average molecular weight is 505 g/mol. The average Bonchev–Trinajstić information content (AvgIpc) is 3.22. The number of carbonyl (C=O) groups is 1. The molecule has 10 nitrogen and oxygen atoms in total. The number of hydrogen-bond acceptors (Lipinski definition) is 10. The van der Waals surface area contributed by atoms with E-state index in [0.29, 0.717) is 17.1 Å². The number of rotatable bonds is 7. The Morgan fingerprint density at radius 1 is 1.09 bits per heavy atom. The van der Waals surface area contributed by atoms with E-state index >= 15 is 0 Å². The lowest BCUT2D eigenvalue weighted by atomic mass is 10.1. The summed E-state index contributed by atoms with van der Waals surface area (Å²) in [5, 5.41) is 11.1. The molecule has 1 N–H and O–H groups in total. The summed E-state index contributed by atoms with van der Waals surface area (Å²) in [6.45, 7) is 1.83. The maximum atomic E-state index is 12.4. The van der Waals surface area contributed by atoms with Crippen molar-refractivity contribution in [1.82, 2.24) is 9.36 Å². The second-order valence-corrected chi connectivity index (χ2v) is 10.9. The van der Waals surface area contributed by atoms with Gasteiger partial charge in [0.05, 0.1) is 0 Å². The summed E-state index contributed by atoms with van der Waals surface area (Å²) in [5.74, 6) is -0.756. The quantitative estimate of drug-likeness (QED) is 0.290. The standard InChI is InChI=1S/C20H16N4O6S3/c1-13-3-9-17(10-4-13)33(28,29)30-16-7-5-14(6-8-16)11-15(12-21)18(25)22-19-23-20(24-31-19)32(2,26)27/h3-11H,1-2H3,(H,22,23,24,25)/b15-11-. The summed E-state index contributed by atoms with van der Waals surface area (Å²) in [4.78, 5) is 16.0. The smallest absolute Gasteiger partial charge is 0.339 e. The zero-order chi connectivity index (χ0) is 24.2. The number of amides is 1. The predicted molar refractivity (Wildman–Crippen MR) is 121 cm³/mol. The van der Waals surface area contributed by atoms with Gasteiger partial charge in [0.25, 0.3) is 11.1 Å². The minimum atomic E-state index is -4.01. The third-order valence-electron chi connectivity index (χ3n) is 4.03. The fourth-order valence-electron chi connectivity index (χ4n) is 2.39. The van der Waals surface area contributed by atoms with Crippen molar-refractivity contribution in [2.24, 2.45) is 0 Å². The molecule has 0 bridgehead atoms. The van der Waals surface area contributed by atoms with Gasteiger partial charge in [0.2, 0.25) is 15.0 Å². The van der Waals surface area contributed by atoms with Gasteiger partial charge in [-0.3, -0.25) is 10.1 Å². The van der Waals surface area contributed by atoms with Gasteiger partial charge in [-0.2, -0.15) is 23.0 Å². The van der Waals surface area contributed by atoms with Crippen molar-refractivity contribution in [2.75, 3.05) is 11.6 Å². The second-order valence-electron chi connectivity index (χ2n) is 6.70. The van der Waals surface area contributed by atoms with Crippen molar-refractivity contribution in [3.63, 3.8) is 0 Å². The molecule has 3 aromatic rings. The molecule has 1 amide bonds. The number of aromatic nitrogens is 2. The van der Waals surface area contributed by atoms with Crippen molar-refractivity contribution in [3.8, 4) is 11.8 Å². The first-order valence-corrected chi connectivity index (χ1v) is 13.1. The highest BCUT2D eigenvalue weighted by atomic mass is 32.2. The Bertz CT molecular complexity index is 1470. The summed E-state index contributed by atoms with van der Waals surface area (Å²) in [6, 6.07) is 13.6. The van der Waals surface area contributed by atoms with Gasteiger partial charge in [-0.15, -0.1) is 0 Å². The Hall–Kier alpha value is -3.60. The van der Waals surface area contributed by atoms with Crippen LogP contribution in [0.1, 0.15) is 11.1 Å². The van der Waals surface area contributed by atoms with Crippen molar-refractivity contribution in [2.45, 2.75) is 17.0 Å². The molecule has 0 radical (unpaired) electrons. The first-order chi connectivity index (χ1) is 15.5. The van der Waals surface area contributed by atoms with Gasteiger partial charge in [0.1, 0.15) is 22.3 Å². The maximum Gasteiger partial charge on any atom is 0.339 e. The number of carbonyl (C=O) groups excluding carboxylic acids is 1. The van der Waals surface area contributed by atoms with Crippen LogP contribution in [0.25, 0.3) is 6.08 Å². The lowest BCUT2D eigenvalue weighted by Crippen LogP contribution is -2.13. The molecule has 0 fully saturated rings. The molecule has 0 unspecified atom stereocenters. The monoisotopic (exact) mass is 504 g/mol. The molecule has 0 saturated carbocycles. The second kappa shape index (κ2) is 9.49. The topological polar surface area (TPSA) is 156 Å². The van der Waals surface area contributed by atoms with Crippen LogP contribution in [0, 0.1) is 18.3 Å². The van der Waals surface area contributed by atoms with Crippen molar-refractivity contribution in [3.05, 3.63) is 65.2 Å². The highest BCUT2D eigenvalue weighted by molar-refractivity contribution is 7.90. The van der Waals surface area contributed by atoms with E-state index in [4.69, 9.17) is 4.18 Å². The third-order valence-corrected chi connectivity index (χ3v) is 6.88. The molecular weight excluding hydrogens is 488 g/mol. The summed E-state index contributed by atoms with van der Waals surface area (Å²) < 4.78 is 56.4. The highest BCUT2D eigenvalue weighted by Gasteiger charge is 2.18. The Kier molecular flexibility index (Phi) is 6.92. The zero-order valence-electron chi connectivity index (χ0n) is 17.2. The minimum Gasteiger partial charge on any atom is -0.379 e. The Labute approximate surface area is 194 Å². The number of aryl methyl sites for hydroxylation is 1. The largest absolute Gasteiger partial charge is 0.379 e. The fraction of sp³-hybridized carbons (Fsp3) is 0.100. The Morgan fingerprint density at radius 2 is 1.73 bits per heavy atom. The molecular formula is C20H16N4O6S3. The molecule has 0 aliphatic heterocycles. The van der Waals surface area contributed by atoms with Crippen LogP contribution in [-0.4, -0.2) is 38.4 Å². The number of hydrogen-bond donors (Lipinski definition) is 1. The molecule has 1 heterocycles. The van der Waals surface area contributed by atoms with Crippen LogP contribution in [-0.2, 0) is 24.7 Å². The molecule has 1 aromatic heterocycles. The molecule has 170 valence electrons. The number of sulfone groups is 1. The third kappa shape index (κ3) is 6.22. The SMILES string of the molecule is Cc1ccc(S(=O)(=O)Oc2ccc(/C=C(/C#N)C(=O)Nc3nc(S(C)(=O)=O)ns3)cc2)cc1. The lowest BCUT2D eigenvalue weighted by molar-refractivity contribution is -0.112. The van der Waals surface area contributed by atoms with E-state index in [-0.39, 0.29) is 21.3 Å². The van der Waals surface area contributed by atoms with Gasteiger partial charge in [0, 0.05) is 17.8 Å². The van der Waals surface area contributed by atoms with Gasteiger partial charge < -0.3 is 4.18 Å². The van der Waals surface area contributed by atoms with E-state index in [1.807, 2.05) is 6.92 Å². The van der Waals surface area contributed by atoms with Crippen molar-refractivity contribution < 1.29 is 25.8 Å². The van der Waals surface area contributed by atoms with Crippen LogP contribution in [0.15, 0.2) is 64.2 Å². The van der Waals surface area contributed by atoms with Gasteiger partial charge in [0.15, 0.2) is 0 Å². The molecule has 33 heavy (non-hydrogen) atoms. The van der Waals surface area contributed by atoms with Crippen LogP contribution >= 0.6 is 11.5 Å². The number of nitrogens with one attached hydrogen (secondary N) is 1. The van der Waals surface area contributed by atoms with E-state index < -0.39 is 31.0 Å². The molecule has 0 atom stereocenters. The maximum absolute atomic E-state index is 12.4. The highest BCUT2D eigenvalue weighted by Crippen LogP contribution is 2.21. The van der Waals surface area contributed by atoms with Crippen LogP contribution in [0.4, 0.5) is 5.13 Å². The molecule has 0 aliphatic carbocycles. The van der Waals surface area contributed by atoms with Crippen LogP contribution in [0.2, 0.25) is 0 Å². The van der Waals surface area contributed by atoms with Crippen LogP contribution in [0.3, 0.4) is 0 Å². The number of anilines is 1. The summed E-state index contributed by atoms with van der Waals surface area (Å²) in [6.07, 6.45) is 2.20. The normalized spacial score (nSPS) is 12.1. The van der Waals surface area contributed by atoms with Gasteiger partial charge in [-0.1, -0.05) is 29.8 Å². The molecule has 0 aliphatic rings. The van der Waals surface area contributed by atoms with E-state index in [1.165, 1.54) is 42.5 Å². The van der Waals surface area contributed by atoms with Gasteiger partial charge in [-0.05, 0) is 42.8 Å². The molecule has 3 rings (SSSR count). The molecule has 0 saturated heterocycles. The molecule has 2 aromatic carbocycles. The van der Waals surface area contributed by atoms with Gasteiger partial charge >= 0.3 is 10.1 Å². The lowest BCUT2D eigenvalue weighted by Gasteiger charge is -2.07. The summed E-state index contributed by atoms with van der Waals surface area (Å²) >= 11 is 0.663. The van der Waals surface area contributed by atoms with E-state index in [2.05, 4.69) is 14.7 Å². The minimum absolute atomic E-state index is 0.0104. The molecule has 13 heteroatoms. The summed E-state index contributed by atoms with van der Waals surface area (Å²) in [5.41, 5.74) is 1.05.